The van der Waals surface area contributed by atoms with Crippen LogP contribution in [0.3, 0.4) is 0 Å². The van der Waals surface area contributed by atoms with E-state index in [4.69, 9.17) is 4.74 Å². The third-order valence-electron chi connectivity index (χ3n) is 5.67. The molecule has 11 heteroatoms. The number of fused-ring (bicyclic) bond motifs is 1. The summed E-state index contributed by atoms with van der Waals surface area (Å²) in [4.78, 5) is 25.4. The maximum absolute atomic E-state index is 13.0. The van der Waals surface area contributed by atoms with Crippen LogP contribution in [0.5, 0.6) is 5.75 Å². The van der Waals surface area contributed by atoms with E-state index in [1.54, 1.807) is 13.0 Å². The molecule has 5 rings (SSSR count). The molecule has 2 aliphatic rings. The fourth-order valence-corrected chi connectivity index (χ4v) is 4.10. The second-order valence-corrected chi connectivity index (χ2v) is 8.10. The van der Waals surface area contributed by atoms with E-state index < -0.39 is 12.2 Å². The number of aromatic nitrogens is 2. The number of carbonyl (C=O) groups excluding carboxylic acids is 2. The van der Waals surface area contributed by atoms with E-state index >= 15 is 0 Å². The molecule has 34 heavy (non-hydrogen) atoms. The fourth-order valence-electron chi connectivity index (χ4n) is 4.10. The predicted octanol–water partition coefficient (Wildman–Crippen LogP) is 1.49. The van der Waals surface area contributed by atoms with Gasteiger partial charge >= 0.3 is 0 Å². The average Bonchev–Trinajstić information content (AvgIpc) is 3.43. The number of benzene rings is 2. The third-order valence-corrected chi connectivity index (χ3v) is 5.67. The molecule has 3 heterocycles. The van der Waals surface area contributed by atoms with Gasteiger partial charge in [0.2, 0.25) is 5.91 Å². The van der Waals surface area contributed by atoms with Crippen LogP contribution in [-0.2, 0) is 9.59 Å². The highest BCUT2D eigenvalue weighted by atomic mass is 19.1. The maximum Gasteiger partial charge on any atom is 0.263 e. The molecule has 1 aromatic heterocycles. The van der Waals surface area contributed by atoms with Gasteiger partial charge < -0.3 is 15.4 Å². The molecule has 2 aliphatic heterocycles. The number of amides is 2. The van der Waals surface area contributed by atoms with Gasteiger partial charge in [-0.05, 0) is 43.3 Å². The zero-order chi connectivity index (χ0) is 23.7. The number of rotatable bonds is 6. The number of carbonyl (C=O) groups is 2. The number of nitrogens with zero attached hydrogens (tertiary/aromatic N) is 3. The fraction of sp³-hybridized carbons (Fsp3) is 0.261. The molecule has 0 aliphatic carbocycles. The van der Waals surface area contributed by atoms with Crippen molar-refractivity contribution in [1.82, 2.24) is 25.8 Å². The summed E-state index contributed by atoms with van der Waals surface area (Å²) in [5.41, 5.74) is 4.87. The van der Waals surface area contributed by atoms with E-state index in [0.717, 1.165) is 5.69 Å². The second-order valence-electron chi connectivity index (χ2n) is 8.10. The zero-order valence-electron chi connectivity index (χ0n) is 18.4. The summed E-state index contributed by atoms with van der Waals surface area (Å²) < 4.78 is 20.0. The Balaban J connectivity index is 1.30. The van der Waals surface area contributed by atoms with Crippen LogP contribution in [-0.4, -0.2) is 40.9 Å². The first-order valence-corrected chi connectivity index (χ1v) is 10.9. The standard InChI is InChI=1S/C23H24FN7O3/c1-14-11-19(26-20(32)13-34-17-9-7-15(24)8-10-17)31(29-14)23-27-21-18(22(33)28-23)12-25-30(21)16-5-3-2-4-6-16/h2-11,18,21,23,25,27H,12-13H2,1H3,(H,26,32)(H,28,33). The van der Waals surface area contributed by atoms with Crippen molar-refractivity contribution in [2.24, 2.45) is 5.92 Å². The van der Waals surface area contributed by atoms with Crippen molar-refractivity contribution in [3.05, 3.63) is 72.2 Å². The molecule has 3 unspecified atom stereocenters. The van der Waals surface area contributed by atoms with Crippen LogP contribution in [0.2, 0.25) is 0 Å². The van der Waals surface area contributed by atoms with Crippen LogP contribution in [0.15, 0.2) is 60.7 Å². The molecular formula is C23H24FN7O3. The highest BCUT2D eigenvalue weighted by Crippen LogP contribution is 2.27. The maximum atomic E-state index is 13.0. The largest absolute Gasteiger partial charge is 0.484 e. The van der Waals surface area contributed by atoms with Gasteiger partial charge in [-0.15, -0.1) is 0 Å². The van der Waals surface area contributed by atoms with Gasteiger partial charge in [-0.2, -0.15) is 5.10 Å². The Morgan fingerprint density at radius 3 is 2.74 bits per heavy atom. The minimum atomic E-state index is -0.679. The Labute approximate surface area is 195 Å². The summed E-state index contributed by atoms with van der Waals surface area (Å²) in [5, 5.41) is 15.5. The number of hydrogen-bond donors (Lipinski definition) is 4. The highest BCUT2D eigenvalue weighted by Gasteiger charge is 2.45. The molecule has 3 aromatic rings. The van der Waals surface area contributed by atoms with Crippen LogP contribution < -0.4 is 31.1 Å². The summed E-state index contributed by atoms with van der Waals surface area (Å²) in [6, 6.07) is 16.8. The summed E-state index contributed by atoms with van der Waals surface area (Å²) in [7, 11) is 0. The van der Waals surface area contributed by atoms with Crippen LogP contribution in [0.25, 0.3) is 0 Å². The minimum Gasteiger partial charge on any atom is -0.484 e. The van der Waals surface area contributed by atoms with E-state index in [9.17, 15) is 14.0 Å². The Morgan fingerprint density at radius 2 is 1.97 bits per heavy atom. The van der Waals surface area contributed by atoms with Gasteiger partial charge in [0.05, 0.1) is 17.3 Å². The van der Waals surface area contributed by atoms with E-state index in [1.807, 2.05) is 35.3 Å². The second kappa shape index (κ2) is 9.12. The monoisotopic (exact) mass is 465 g/mol. The van der Waals surface area contributed by atoms with Crippen molar-refractivity contribution in [2.45, 2.75) is 19.4 Å². The SMILES string of the molecule is Cc1cc(NC(=O)COc2ccc(F)cc2)n(C2NC(=O)C3CNN(c4ccccc4)C3N2)n1. The summed E-state index contributed by atoms with van der Waals surface area (Å²) >= 11 is 0. The van der Waals surface area contributed by atoms with Gasteiger partial charge in [0, 0.05) is 12.6 Å². The minimum absolute atomic E-state index is 0.121. The average molecular weight is 465 g/mol. The van der Waals surface area contributed by atoms with Crippen molar-refractivity contribution in [3.8, 4) is 5.75 Å². The molecule has 2 aromatic carbocycles. The third kappa shape index (κ3) is 4.43. The number of hydrogen-bond acceptors (Lipinski definition) is 7. The summed E-state index contributed by atoms with van der Waals surface area (Å²) in [6.07, 6.45) is -0.988. The van der Waals surface area contributed by atoms with Crippen molar-refractivity contribution in [2.75, 3.05) is 23.5 Å². The Bertz CT molecular complexity index is 1190. The smallest absolute Gasteiger partial charge is 0.263 e. The van der Waals surface area contributed by atoms with E-state index in [1.165, 1.54) is 28.9 Å². The van der Waals surface area contributed by atoms with Crippen LogP contribution in [0.1, 0.15) is 12.0 Å². The molecule has 0 saturated carbocycles. The van der Waals surface area contributed by atoms with Crippen molar-refractivity contribution in [1.29, 1.82) is 0 Å². The molecule has 0 bridgehead atoms. The number of hydrazine groups is 1. The molecule has 0 spiro atoms. The van der Waals surface area contributed by atoms with Crippen molar-refractivity contribution >= 4 is 23.3 Å². The van der Waals surface area contributed by atoms with E-state index in [-0.39, 0.29) is 30.4 Å². The molecular weight excluding hydrogens is 441 g/mol. The number of para-hydroxylation sites is 1. The van der Waals surface area contributed by atoms with Crippen LogP contribution >= 0.6 is 0 Å². The molecule has 4 N–H and O–H groups in total. The molecule has 10 nitrogen and oxygen atoms in total. The Kier molecular flexibility index (Phi) is 5.86. The van der Waals surface area contributed by atoms with Crippen LogP contribution in [0, 0.1) is 18.7 Å². The van der Waals surface area contributed by atoms with E-state index in [0.29, 0.717) is 23.8 Å². The van der Waals surface area contributed by atoms with Gasteiger partial charge in [-0.3, -0.25) is 19.9 Å². The lowest BCUT2D eigenvalue weighted by atomic mass is 10.0. The van der Waals surface area contributed by atoms with Gasteiger partial charge in [0.25, 0.3) is 5.91 Å². The number of halogens is 1. The lowest BCUT2D eigenvalue weighted by molar-refractivity contribution is -0.129. The lowest BCUT2D eigenvalue weighted by Gasteiger charge is -2.37. The highest BCUT2D eigenvalue weighted by molar-refractivity contribution is 5.91. The van der Waals surface area contributed by atoms with Gasteiger partial charge in [-0.25, -0.2) is 14.5 Å². The molecule has 2 amide bonds. The Hall–Kier alpha value is -3.96. The predicted molar refractivity (Wildman–Crippen MR) is 122 cm³/mol. The van der Waals surface area contributed by atoms with E-state index in [2.05, 4.69) is 26.5 Å². The molecule has 3 atom stereocenters. The normalized spacial score (nSPS) is 21.6. The first kappa shape index (κ1) is 21.9. The van der Waals surface area contributed by atoms with Gasteiger partial charge in [-0.1, -0.05) is 18.2 Å². The summed E-state index contributed by atoms with van der Waals surface area (Å²) in [5.74, 6) is -0.440. The molecule has 0 radical (unpaired) electrons. The zero-order valence-corrected chi connectivity index (χ0v) is 18.4. The quantitative estimate of drug-likeness (QED) is 0.436. The molecule has 176 valence electrons. The summed E-state index contributed by atoms with van der Waals surface area (Å²) in [6.45, 7) is 2.02. The number of aryl methyl sites for hydroxylation is 1. The number of nitrogens with one attached hydrogen (secondary N) is 4. The Morgan fingerprint density at radius 1 is 1.21 bits per heavy atom. The molecule has 2 saturated heterocycles. The van der Waals surface area contributed by atoms with Gasteiger partial charge in [0.1, 0.15) is 23.6 Å². The van der Waals surface area contributed by atoms with Crippen LogP contribution in [0.4, 0.5) is 15.9 Å². The van der Waals surface area contributed by atoms with Crippen molar-refractivity contribution < 1.29 is 18.7 Å². The van der Waals surface area contributed by atoms with Crippen molar-refractivity contribution in [3.63, 3.8) is 0 Å². The topological polar surface area (TPSA) is 113 Å². The lowest BCUT2D eigenvalue weighted by Crippen LogP contribution is -2.61. The number of ether oxygens (including phenoxy) is 1. The molecule has 2 fully saturated rings. The van der Waals surface area contributed by atoms with Gasteiger partial charge in [0.15, 0.2) is 12.9 Å². The number of anilines is 2. The first-order chi connectivity index (χ1) is 16.5. The first-order valence-electron chi connectivity index (χ1n) is 10.9.